The molecule has 0 aliphatic rings. The number of amides is 1. The molecule has 3 nitrogen and oxygen atoms in total. The number of carbonyl (C=O) groups excluding carboxylic acids is 1. The zero-order valence-corrected chi connectivity index (χ0v) is 14.7. The van der Waals surface area contributed by atoms with Gasteiger partial charge in [-0.25, -0.2) is 0 Å². The van der Waals surface area contributed by atoms with Crippen LogP contribution in [0.4, 0.5) is 0 Å². The van der Waals surface area contributed by atoms with Crippen LogP contribution in [0.2, 0.25) is 0 Å². The Kier molecular flexibility index (Phi) is 7.98. The molecule has 0 saturated heterocycles. The van der Waals surface area contributed by atoms with Crippen molar-refractivity contribution in [3.8, 4) is 0 Å². The van der Waals surface area contributed by atoms with Gasteiger partial charge >= 0.3 is 0 Å². The molecule has 1 aromatic carbocycles. The van der Waals surface area contributed by atoms with E-state index in [1.54, 1.807) is 4.90 Å². The van der Waals surface area contributed by atoms with Crippen LogP contribution in [0.5, 0.6) is 0 Å². The van der Waals surface area contributed by atoms with Crippen LogP contribution in [0, 0.1) is 0 Å². The molecular formula is C17H29ClN2O. The van der Waals surface area contributed by atoms with Gasteiger partial charge in [-0.15, -0.1) is 12.4 Å². The van der Waals surface area contributed by atoms with E-state index < -0.39 is 5.54 Å². The summed E-state index contributed by atoms with van der Waals surface area (Å²) in [5.74, 6) is 0.535. The molecule has 0 aliphatic heterocycles. The van der Waals surface area contributed by atoms with Gasteiger partial charge in [0.1, 0.15) is 0 Å². The third-order valence-corrected chi connectivity index (χ3v) is 3.67. The van der Waals surface area contributed by atoms with Crippen LogP contribution < -0.4 is 5.73 Å². The highest BCUT2D eigenvalue weighted by molar-refractivity contribution is 5.85. The van der Waals surface area contributed by atoms with E-state index >= 15 is 0 Å². The molecule has 4 heteroatoms. The van der Waals surface area contributed by atoms with Crippen LogP contribution >= 0.6 is 12.4 Å². The molecule has 1 unspecified atom stereocenters. The number of carbonyl (C=O) groups is 1. The zero-order valence-electron chi connectivity index (χ0n) is 13.8. The molecule has 0 aromatic heterocycles. The lowest BCUT2D eigenvalue weighted by atomic mass is 9.95. The van der Waals surface area contributed by atoms with E-state index in [9.17, 15) is 4.79 Å². The second-order valence-electron chi connectivity index (χ2n) is 6.22. The largest absolute Gasteiger partial charge is 0.340 e. The zero-order chi connectivity index (χ0) is 15.3. The fraction of sp³-hybridized carbons (Fsp3) is 0.588. The molecule has 0 radical (unpaired) electrons. The Hall–Kier alpha value is -1.06. The molecule has 1 atom stereocenters. The minimum atomic E-state index is -0.763. The van der Waals surface area contributed by atoms with E-state index in [-0.39, 0.29) is 18.3 Å². The van der Waals surface area contributed by atoms with Gasteiger partial charge in [-0.05, 0) is 30.4 Å². The average Bonchev–Trinajstić information content (AvgIpc) is 2.38. The van der Waals surface area contributed by atoms with Crippen LogP contribution in [-0.4, -0.2) is 23.4 Å². The molecule has 0 aliphatic carbocycles. The fourth-order valence-electron chi connectivity index (χ4n) is 2.42. The minimum Gasteiger partial charge on any atom is -0.340 e. The van der Waals surface area contributed by atoms with Crippen molar-refractivity contribution in [2.24, 2.45) is 5.73 Å². The first-order chi connectivity index (χ1) is 9.27. The predicted octanol–water partition coefficient (Wildman–Crippen LogP) is 3.71. The number of likely N-dealkylation sites (N-methyl/N-ethyl adjacent to an activating group) is 1. The lowest BCUT2D eigenvalue weighted by Gasteiger charge is -2.29. The Morgan fingerprint density at radius 2 is 1.81 bits per heavy atom. The molecule has 0 heterocycles. The van der Waals surface area contributed by atoms with Crippen molar-refractivity contribution in [3.63, 3.8) is 0 Å². The summed E-state index contributed by atoms with van der Waals surface area (Å²) in [6, 6.07) is 8.44. The van der Waals surface area contributed by atoms with Crippen LogP contribution in [0.1, 0.15) is 57.6 Å². The van der Waals surface area contributed by atoms with Gasteiger partial charge < -0.3 is 10.6 Å². The van der Waals surface area contributed by atoms with Crippen molar-refractivity contribution in [2.75, 3.05) is 7.05 Å². The Labute approximate surface area is 135 Å². The lowest BCUT2D eigenvalue weighted by molar-refractivity contribution is -0.135. The molecule has 0 spiro atoms. The fourth-order valence-corrected chi connectivity index (χ4v) is 2.42. The summed E-state index contributed by atoms with van der Waals surface area (Å²) in [5.41, 5.74) is 7.79. The van der Waals surface area contributed by atoms with Crippen molar-refractivity contribution in [1.29, 1.82) is 0 Å². The SMILES string of the molecule is CCCC(C)(N)C(=O)N(C)Cc1ccc(C(C)C)cc1.Cl. The number of rotatable bonds is 6. The summed E-state index contributed by atoms with van der Waals surface area (Å²) in [7, 11) is 1.82. The van der Waals surface area contributed by atoms with E-state index in [4.69, 9.17) is 5.73 Å². The van der Waals surface area contributed by atoms with Gasteiger partial charge in [-0.2, -0.15) is 0 Å². The molecule has 1 amide bonds. The van der Waals surface area contributed by atoms with Crippen molar-refractivity contribution in [1.82, 2.24) is 4.90 Å². The van der Waals surface area contributed by atoms with Crippen LogP contribution in [0.15, 0.2) is 24.3 Å². The summed E-state index contributed by atoms with van der Waals surface area (Å²) in [6.07, 6.45) is 1.62. The first-order valence-electron chi connectivity index (χ1n) is 7.41. The third kappa shape index (κ3) is 5.68. The van der Waals surface area contributed by atoms with Crippen molar-refractivity contribution in [2.45, 2.75) is 58.5 Å². The summed E-state index contributed by atoms with van der Waals surface area (Å²) >= 11 is 0. The van der Waals surface area contributed by atoms with Gasteiger partial charge in [-0.3, -0.25) is 4.79 Å². The molecule has 120 valence electrons. The van der Waals surface area contributed by atoms with Crippen molar-refractivity contribution >= 4 is 18.3 Å². The van der Waals surface area contributed by atoms with Gasteiger partial charge in [0.05, 0.1) is 5.54 Å². The van der Waals surface area contributed by atoms with E-state index in [1.807, 2.05) is 20.9 Å². The lowest BCUT2D eigenvalue weighted by Crippen LogP contribution is -2.51. The molecule has 2 N–H and O–H groups in total. The molecule has 0 saturated carbocycles. The molecule has 1 rings (SSSR count). The summed E-state index contributed by atoms with van der Waals surface area (Å²) < 4.78 is 0. The summed E-state index contributed by atoms with van der Waals surface area (Å²) in [5, 5.41) is 0. The Bertz CT molecular complexity index is 441. The van der Waals surface area contributed by atoms with Crippen molar-refractivity contribution < 1.29 is 4.79 Å². The Morgan fingerprint density at radius 3 is 2.24 bits per heavy atom. The topological polar surface area (TPSA) is 46.3 Å². The second-order valence-corrected chi connectivity index (χ2v) is 6.22. The smallest absolute Gasteiger partial charge is 0.242 e. The van der Waals surface area contributed by atoms with Gasteiger partial charge in [-0.1, -0.05) is 51.5 Å². The maximum atomic E-state index is 12.3. The van der Waals surface area contributed by atoms with Crippen LogP contribution in [-0.2, 0) is 11.3 Å². The number of nitrogens with zero attached hydrogens (tertiary/aromatic N) is 1. The molecule has 0 fully saturated rings. The third-order valence-electron chi connectivity index (χ3n) is 3.67. The quantitative estimate of drug-likeness (QED) is 0.870. The first kappa shape index (κ1) is 19.9. The second kappa shape index (κ2) is 8.40. The van der Waals surface area contributed by atoms with Crippen molar-refractivity contribution in [3.05, 3.63) is 35.4 Å². The van der Waals surface area contributed by atoms with E-state index in [1.165, 1.54) is 5.56 Å². The van der Waals surface area contributed by atoms with E-state index in [2.05, 4.69) is 38.1 Å². The molecule has 1 aromatic rings. The monoisotopic (exact) mass is 312 g/mol. The van der Waals surface area contributed by atoms with Gasteiger partial charge in [0, 0.05) is 13.6 Å². The standard InChI is InChI=1S/C17H28N2O.ClH/c1-6-11-17(4,18)16(20)19(5)12-14-7-9-15(10-8-14)13(2)3;/h7-10,13H,6,11-12,18H2,1-5H3;1H. The highest BCUT2D eigenvalue weighted by atomic mass is 35.5. The highest BCUT2D eigenvalue weighted by Crippen LogP contribution is 2.17. The van der Waals surface area contributed by atoms with Crippen LogP contribution in [0.3, 0.4) is 0 Å². The minimum absolute atomic E-state index is 0. The number of halogens is 1. The average molecular weight is 313 g/mol. The van der Waals surface area contributed by atoms with E-state index in [0.717, 1.165) is 12.0 Å². The van der Waals surface area contributed by atoms with Crippen LogP contribution in [0.25, 0.3) is 0 Å². The van der Waals surface area contributed by atoms with Gasteiger partial charge in [0.25, 0.3) is 0 Å². The Balaban J connectivity index is 0.00000400. The highest BCUT2D eigenvalue weighted by Gasteiger charge is 2.29. The van der Waals surface area contributed by atoms with E-state index in [0.29, 0.717) is 18.9 Å². The maximum absolute atomic E-state index is 12.3. The molecule has 0 bridgehead atoms. The predicted molar refractivity (Wildman–Crippen MR) is 91.8 cm³/mol. The van der Waals surface area contributed by atoms with Gasteiger partial charge in [0.15, 0.2) is 0 Å². The normalized spacial score (nSPS) is 13.5. The molecular weight excluding hydrogens is 284 g/mol. The number of hydrogen-bond donors (Lipinski definition) is 1. The number of benzene rings is 1. The first-order valence-corrected chi connectivity index (χ1v) is 7.41. The molecule has 21 heavy (non-hydrogen) atoms. The Morgan fingerprint density at radius 1 is 1.29 bits per heavy atom. The van der Waals surface area contributed by atoms with Gasteiger partial charge in [0.2, 0.25) is 5.91 Å². The maximum Gasteiger partial charge on any atom is 0.242 e. The summed E-state index contributed by atoms with van der Waals surface area (Å²) in [4.78, 5) is 14.1. The summed E-state index contributed by atoms with van der Waals surface area (Å²) in [6.45, 7) is 8.82. The number of nitrogens with two attached hydrogens (primary N) is 1. The number of hydrogen-bond acceptors (Lipinski definition) is 2.